The molecule has 5 heteroatoms. The average molecular weight is 304 g/mol. The molecule has 1 aliphatic heterocycles. The number of nitrogens with one attached hydrogen (secondary N) is 2. The summed E-state index contributed by atoms with van der Waals surface area (Å²) in [7, 11) is 0. The summed E-state index contributed by atoms with van der Waals surface area (Å²) >= 11 is 0. The highest BCUT2D eigenvalue weighted by Gasteiger charge is 2.21. The van der Waals surface area contributed by atoms with E-state index in [0.29, 0.717) is 18.5 Å². The third kappa shape index (κ3) is 5.30. The van der Waals surface area contributed by atoms with Gasteiger partial charge in [-0.2, -0.15) is 0 Å². The molecule has 1 aromatic rings. The van der Waals surface area contributed by atoms with Gasteiger partial charge in [-0.3, -0.25) is 4.98 Å². The SMILES string of the molecule is Cc1ccc(CNC(=O)NCC2CCCN(C(C)C)C2)cn1. The van der Waals surface area contributed by atoms with Gasteiger partial charge in [0.1, 0.15) is 0 Å². The second-order valence-corrected chi connectivity index (χ2v) is 6.47. The quantitative estimate of drug-likeness (QED) is 0.877. The molecule has 0 spiro atoms. The molecule has 1 atom stereocenters. The van der Waals surface area contributed by atoms with Crippen molar-refractivity contribution in [3.63, 3.8) is 0 Å². The standard InChI is InChI=1S/C17H28N4O/c1-13(2)21-8-4-5-16(12-21)11-20-17(22)19-10-15-7-6-14(3)18-9-15/h6-7,9,13,16H,4-5,8,10-12H2,1-3H3,(H2,19,20,22). The number of pyridine rings is 1. The highest BCUT2D eigenvalue weighted by molar-refractivity contribution is 5.73. The number of likely N-dealkylation sites (tertiary alicyclic amines) is 1. The number of aromatic nitrogens is 1. The molecule has 1 saturated heterocycles. The molecule has 1 aromatic heterocycles. The van der Waals surface area contributed by atoms with E-state index in [0.717, 1.165) is 24.3 Å². The summed E-state index contributed by atoms with van der Waals surface area (Å²) in [6, 6.07) is 4.44. The van der Waals surface area contributed by atoms with E-state index in [4.69, 9.17) is 0 Å². The lowest BCUT2D eigenvalue weighted by atomic mass is 9.97. The van der Waals surface area contributed by atoms with Crippen LogP contribution in [0.4, 0.5) is 4.79 Å². The Hall–Kier alpha value is -1.62. The Morgan fingerprint density at radius 2 is 2.23 bits per heavy atom. The smallest absolute Gasteiger partial charge is 0.315 e. The average Bonchev–Trinajstić information content (AvgIpc) is 2.52. The molecule has 5 nitrogen and oxygen atoms in total. The molecule has 2 rings (SSSR count). The van der Waals surface area contributed by atoms with E-state index in [1.807, 2.05) is 19.1 Å². The number of urea groups is 1. The first-order chi connectivity index (χ1) is 10.5. The Morgan fingerprint density at radius 3 is 2.91 bits per heavy atom. The van der Waals surface area contributed by atoms with Crippen molar-refractivity contribution in [2.45, 2.75) is 46.2 Å². The molecule has 2 heterocycles. The van der Waals surface area contributed by atoms with Gasteiger partial charge in [-0.05, 0) is 57.7 Å². The lowest BCUT2D eigenvalue weighted by molar-refractivity contribution is 0.139. The molecule has 0 bridgehead atoms. The summed E-state index contributed by atoms with van der Waals surface area (Å²) in [6.45, 7) is 9.95. The van der Waals surface area contributed by atoms with E-state index in [2.05, 4.69) is 34.4 Å². The fourth-order valence-electron chi connectivity index (χ4n) is 2.82. The van der Waals surface area contributed by atoms with E-state index >= 15 is 0 Å². The number of carbonyl (C=O) groups excluding carboxylic acids is 1. The van der Waals surface area contributed by atoms with Gasteiger partial charge in [-0.15, -0.1) is 0 Å². The highest BCUT2D eigenvalue weighted by Crippen LogP contribution is 2.17. The summed E-state index contributed by atoms with van der Waals surface area (Å²) in [5.74, 6) is 0.558. The Labute approximate surface area is 133 Å². The molecule has 2 amide bonds. The normalized spacial score (nSPS) is 19.2. The zero-order valence-corrected chi connectivity index (χ0v) is 13.9. The first-order valence-corrected chi connectivity index (χ1v) is 8.22. The maximum absolute atomic E-state index is 11.9. The lowest BCUT2D eigenvalue weighted by Gasteiger charge is -2.35. The third-order valence-electron chi connectivity index (χ3n) is 4.26. The van der Waals surface area contributed by atoms with E-state index < -0.39 is 0 Å². The second kappa shape index (κ2) is 8.13. The monoisotopic (exact) mass is 304 g/mol. The fraction of sp³-hybridized carbons (Fsp3) is 0.647. The number of nitrogens with zero attached hydrogens (tertiary/aromatic N) is 2. The maximum Gasteiger partial charge on any atom is 0.315 e. The van der Waals surface area contributed by atoms with Gasteiger partial charge in [0, 0.05) is 37.6 Å². The topological polar surface area (TPSA) is 57.3 Å². The predicted molar refractivity (Wildman–Crippen MR) is 88.6 cm³/mol. The van der Waals surface area contributed by atoms with Gasteiger partial charge in [-0.25, -0.2) is 4.79 Å². The summed E-state index contributed by atoms with van der Waals surface area (Å²) in [5, 5.41) is 5.88. The van der Waals surface area contributed by atoms with Crippen molar-refractivity contribution < 1.29 is 4.79 Å². The van der Waals surface area contributed by atoms with Gasteiger partial charge < -0.3 is 15.5 Å². The predicted octanol–water partition coefficient (Wildman–Crippen LogP) is 2.31. The highest BCUT2D eigenvalue weighted by atomic mass is 16.2. The Balaban J connectivity index is 1.68. The number of rotatable bonds is 5. The number of hydrogen-bond donors (Lipinski definition) is 2. The van der Waals surface area contributed by atoms with Crippen LogP contribution >= 0.6 is 0 Å². The van der Waals surface area contributed by atoms with E-state index in [9.17, 15) is 4.79 Å². The van der Waals surface area contributed by atoms with Crippen molar-refractivity contribution in [2.24, 2.45) is 5.92 Å². The Morgan fingerprint density at radius 1 is 1.41 bits per heavy atom. The molecule has 1 aliphatic rings. The van der Waals surface area contributed by atoms with Crippen LogP contribution in [0.5, 0.6) is 0 Å². The molecule has 2 N–H and O–H groups in total. The second-order valence-electron chi connectivity index (χ2n) is 6.47. The molecule has 0 aromatic carbocycles. The molecular weight excluding hydrogens is 276 g/mol. The number of hydrogen-bond acceptors (Lipinski definition) is 3. The van der Waals surface area contributed by atoms with Crippen molar-refractivity contribution >= 4 is 6.03 Å². The van der Waals surface area contributed by atoms with Crippen LogP contribution in [-0.4, -0.2) is 41.6 Å². The van der Waals surface area contributed by atoms with Crippen LogP contribution in [-0.2, 0) is 6.54 Å². The van der Waals surface area contributed by atoms with Crippen molar-refractivity contribution in [1.29, 1.82) is 0 Å². The summed E-state index contributed by atoms with van der Waals surface area (Å²) in [5.41, 5.74) is 2.00. The summed E-state index contributed by atoms with van der Waals surface area (Å²) < 4.78 is 0. The molecule has 0 aliphatic carbocycles. The van der Waals surface area contributed by atoms with Gasteiger partial charge in [0.15, 0.2) is 0 Å². The zero-order valence-electron chi connectivity index (χ0n) is 13.9. The summed E-state index contributed by atoms with van der Waals surface area (Å²) in [6.07, 6.45) is 4.23. The third-order valence-corrected chi connectivity index (χ3v) is 4.26. The van der Waals surface area contributed by atoms with E-state index in [1.54, 1.807) is 6.20 Å². The maximum atomic E-state index is 11.9. The van der Waals surface area contributed by atoms with Gasteiger partial charge in [0.2, 0.25) is 0 Å². The van der Waals surface area contributed by atoms with Crippen LogP contribution in [0.2, 0.25) is 0 Å². The van der Waals surface area contributed by atoms with Crippen LogP contribution in [0.15, 0.2) is 18.3 Å². The van der Waals surface area contributed by atoms with Crippen LogP contribution in [0.3, 0.4) is 0 Å². The molecule has 1 unspecified atom stereocenters. The number of aryl methyl sites for hydroxylation is 1. The molecule has 1 fully saturated rings. The molecular formula is C17H28N4O. The Kier molecular flexibility index (Phi) is 6.19. The van der Waals surface area contributed by atoms with Crippen LogP contribution < -0.4 is 10.6 Å². The number of amides is 2. The van der Waals surface area contributed by atoms with Gasteiger partial charge in [-0.1, -0.05) is 6.07 Å². The fourth-order valence-corrected chi connectivity index (χ4v) is 2.82. The van der Waals surface area contributed by atoms with Crippen molar-refractivity contribution in [3.05, 3.63) is 29.6 Å². The van der Waals surface area contributed by atoms with Crippen molar-refractivity contribution in [2.75, 3.05) is 19.6 Å². The molecule has 22 heavy (non-hydrogen) atoms. The summed E-state index contributed by atoms with van der Waals surface area (Å²) in [4.78, 5) is 18.6. The number of carbonyl (C=O) groups is 1. The van der Waals surface area contributed by atoms with Crippen LogP contribution in [0.1, 0.15) is 37.9 Å². The first kappa shape index (κ1) is 16.7. The van der Waals surface area contributed by atoms with Crippen LogP contribution in [0.25, 0.3) is 0 Å². The lowest BCUT2D eigenvalue weighted by Crippen LogP contribution is -2.45. The van der Waals surface area contributed by atoms with Crippen molar-refractivity contribution in [1.82, 2.24) is 20.5 Å². The van der Waals surface area contributed by atoms with Crippen molar-refractivity contribution in [3.8, 4) is 0 Å². The van der Waals surface area contributed by atoms with Gasteiger partial charge in [0.25, 0.3) is 0 Å². The molecule has 122 valence electrons. The molecule has 0 radical (unpaired) electrons. The zero-order chi connectivity index (χ0) is 15.9. The number of piperidine rings is 1. The van der Waals surface area contributed by atoms with E-state index in [1.165, 1.54) is 19.4 Å². The minimum Gasteiger partial charge on any atom is -0.338 e. The van der Waals surface area contributed by atoms with Gasteiger partial charge in [0.05, 0.1) is 0 Å². The minimum absolute atomic E-state index is 0.0951. The minimum atomic E-state index is -0.0951. The van der Waals surface area contributed by atoms with Gasteiger partial charge >= 0.3 is 6.03 Å². The first-order valence-electron chi connectivity index (χ1n) is 8.22. The van der Waals surface area contributed by atoms with Crippen LogP contribution in [0, 0.1) is 12.8 Å². The largest absolute Gasteiger partial charge is 0.338 e. The Bertz CT molecular complexity index is 472. The molecule has 0 saturated carbocycles. The van der Waals surface area contributed by atoms with E-state index in [-0.39, 0.29) is 6.03 Å².